The number of nitrogens with zero attached hydrogens (tertiary/aromatic N) is 3. The molecule has 2 fully saturated rings. The van der Waals surface area contributed by atoms with Crippen molar-refractivity contribution in [3.8, 4) is 0 Å². The summed E-state index contributed by atoms with van der Waals surface area (Å²) in [6, 6.07) is 7.10. The van der Waals surface area contributed by atoms with Crippen LogP contribution in [-0.2, 0) is 24.2 Å². The monoisotopic (exact) mass is 421 g/mol. The van der Waals surface area contributed by atoms with Gasteiger partial charge in [-0.05, 0) is 25.0 Å². The topological polar surface area (TPSA) is 112 Å². The third-order valence-corrected chi connectivity index (χ3v) is 6.79. The summed E-state index contributed by atoms with van der Waals surface area (Å²) in [6.07, 6.45) is 1.57. The largest absolute Gasteiger partial charge is 0.334 e. The lowest BCUT2D eigenvalue weighted by Crippen LogP contribution is -2.48. The zero-order valence-electron chi connectivity index (χ0n) is 16.1. The number of urea groups is 1. The third kappa shape index (κ3) is 4.31. The molecule has 0 aliphatic carbocycles. The van der Waals surface area contributed by atoms with E-state index in [1.807, 2.05) is 6.92 Å². The van der Waals surface area contributed by atoms with Gasteiger partial charge in [-0.3, -0.25) is 19.3 Å². The number of amides is 5. The van der Waals surface area contributed by atoms with Crippen LogP contribution in [0.25, 0.3) is 0 Å². The van der Waals surface area contributed by atoms with Gasteiger partial charge in [0.15, 0.2) is 9.84 Å². The number of anilines is 1. The molecular weight excluding hydrogens is 398 g/mol. The molecule has 2 aliphatic rings. The number of benzene rings is 1. The van der Waals surface area contributed by atoms with Crippen LogP contribution in [0.4, 0.5) is 10.5 Å². The number of carbonyl (C=O) groups is 4. The zero-order valence-corrected chi connectivity index (χ0v) is 16.9. The van der Waals surface area contributed by atoms with Crippen molar-refractivity contribution in [3.05, 3.63) is 30.3 Å². The molecule has 0 N–H and O–H groups in total. The maximum Gasteiger partial charge on any atom is 0.334 e. The highest BCUT2D eigenvalue weighted by molar-refractivity contribution is 7.91. The number of imide groups is 2. The second kappa shape index (κ2) is 8.32. The Hall–Kier alpha value is -2.75. The zero-order chi connectivity index (χ0) is 21.2. The second-order valence-corrected chi connectivity index (χ2v) is 9.37. The van der Waals surface area contributed by atoms with Gasteiger partial charge in [-0.25, -0.2) is 18.1 Å². The van der Waals surface area contributed by atoms with Crippen LogP contribution in [0.5, 0.6) is 0 Å². The van der Waals surface area contributed by atoms with Crippen molar-refractivity contribution < 1.29 is 27.6 Å². The Morgan fingerprint density at radius 1 is 1.10 bits per heavy atom. The van der Waals surface area contributed by atoms with Crippen molar-refractivity contribution in [2.45, 2.75) is 32.2 Å². The smallest absolute Gasteiger partial charge is 0.307 e. The SMILES string of the molecule is CCCCN1C(=O)C(=O)N(CC(=O)N(c2ccccc2)[C@H]2CCS(=O)(=O)C2)C1=O. The Kier molecular flexibility index (Phi) is 6.02. The molecule has 156 valence electrons. The fourth-order valence-corrected chi connectivity index (χ4v) is 5.24. The lowest BCUT2D eigenvalue weighted by molar-refractivity contribution is -0.143. The summed E-state index contributed by atoms with van der Waals surface area (Å²) in [4.78, 5) is 52.7. The Labute approximate surface area is 169 Å². The average Bonchev–Trinajstić information content (AvgIpc) is 3.13. The standard InChI is InChI=1S/C19H23N3O6S/c1-2-3-10-20-17(24)18(25)21(19(20)26)12-16(23)22(14-7-5-4-6-8-14)15-9-11-29(27,28)13-15/h4-8,15H,2-3,9-13H2,1H3/t15-/m0/s1. The van der Waals surface area contributed by atoms with Gasteiger partial charge in [0.2, 0.25) is 5.91 Å². The van der Waals surface area contributed by atoms with Crippen LogP contribution in [0, 0.1) is 0 Å². The summed E-state index contributed by atoms with van der Waals surface area (Å²) in [5.41, 5.74) is 0.480. The first-order valence-corrected chi connectivity index (χ1v) is 11.3. The van der Waals surface area contributed by atoms with Crippen molar-refractivity contribution in [2.75, 3.05) is 29.5 Å². The van der Waals surface area contributed by atoms with Crippen LogP contribution in [0.1, 0.15) is 26.2 Å². The molecule has 1 atom stereocenters. The van der Waals surface area contributed by atoms with Gasteiger partial charge in [-0.1, -0.05) is 31.5 Å². The summed E-state index contributed by atoms with van der Waals surface area (Å²) < 4.78 is 23.9. The van der Waals surface area contributed by atoms with Crippen LogP contribution < -0.4 is 4.90 Å². The van der Waals surface area contributed by atoms with Gasteiger partial charge in [-0.2, -0.15) is 0 Å². The fraction of sp³-hybridized carbons (Fsp3) is 0.474. The normalized spacial score (nSPS) is 21.1. The van der Waals surface area contributed by atoms with E-state index in [-0.39, 0.29) is 24.5 Å². The molecular formula is C19H23N3O6S. The van der Waals surface area contributed by atoms with Crippen LogP contribution >= 0.6 is 0 Å². The van der Waals surface area contributed by atoms with E-state index < -0.39 is 46.2 Å². The minimum Gasteiger partial charge on any atom is -0.307 e. The number of sulfone groups is 1. The van der Waals surface area contributed by atoms with Gasteiger partial charge in [0.1, 0.15) is 6.54 Å². The van der Waals surface area contributed by atoms with E-state index in [9.17, 15) is 27.6 Å². The van der Waals surface area contributed by atoms with E-state index >= 15 is 0 Å². The van der Waals surface area contributed by atoms with Crippen molar-refractivity contribution in [2.24, 2.45) is 0 Å². The number of para-hydroxylation sites is 1. The van der Waals surface area contributed by atoms with Crippen LogP contribution in [0.15, 0.2) is 30.3 Å². The van der Waals surface area contributed by atoms with Crippen molar-refractivity contribution in [1.82, 2.24) is 9.80 Å². The van der Waals surface area contributed by atoms with Gasteiger partial charge < -0.3 is 4.90 Å². The first kappa shape index (κ1) is 21.0. The highest BCUT2D eigenvalue weighted by atomic mass is 32.2. The predicted octanol–water partition coefficient (Wildman–Crippen LogP) is 0.798. The Morgan fingerprint density at radius 2 is 1.76 bits per heavy atom. The summed E-state index contributed by atoms with van der Waals surface area (Å²) in [5.74, 6) is -2.79. The van der Waals surface area contributed by atoms with Crippen molar-refractivity contribution in [3.63, 3.8) is 0 Å². The number of rotatable bonds is 7. The molecule has 9 nitrogen and oxygen atoms in total. The number of carbonyl (C=O) groups excluding carboxylic acids is 4. The fourth-order valence-electron chi connectivity index (χ4n) is 3.54. The van der Waals surface area contributed by atoms with E-state index in [0.717, 1.165) is 11.3 Å². The van der Waals surface area contributed by atoms with Crippen molar-refractivity contribution in [1.29, 1.82) is 0 Å². The maximum absolute atomic E-state index is 13.1. The molecule has 5 amide bonds. The summed E-state index contributed by atoms with van der Waals surface area (Å²) in [5, 5.41) is 0. The molecule has 10 heteroatoms. The number of unbranched alkanes of at least 4 members (excludes halogenated alkanes) is 1. The highest BCUT2D eigenvalue weighted by Crippen LogP contribution is 2.25. The molecule has 0 spiro atoms. The molecule has 0 radical (unpaired) electrons. The minimum atomic E-state index is -3.26. The molecule has 29 heavy (non-hydrogen) atoms. The van der Waals surface area contributed by atoms with Gasteiger partial charge in [0.05, 0.1) is 17.5 Å². The van der Waals surface area contributed by atoms with Crippen molar-refractivity contribution >= 4 is 39.3 Å². The third-order valence-electron chi connectivity index (χ3n) is 5.04. The van der Waals surface area contributed by atoms with Gasteiger partial charge in [0, 0.05) is 12.2 Å². The molecule has 1 aromatic carbocycles. The predicted molar refractivity (Wildman–Crippen MR) is 105 cm³/mol. The van der Waals surface area contributed by atoms with E-state index in [2.05, 4.69) is 0 Å². The summed E-state index contributed by atoms with van der Waals surface area (Å²) in [7, 11) is -3.26. The number of hydrogen-bond donors (Lipinski definition) is 0. The van der Waals surface area contributed by atoms with Crippen LogP contribution in [-0.4, -0.2) is 72.6 Å². The highest BCUT2D eigenvalue weighted by Gasteiger charge is 2.46. The lowest BCUT2D eigenvalue weighted by atomic mass is 10.1. The first-order valence-electron chi connectivity index (χ1n) is 9.50. The number of hydrogen-bond acceptors (Lipinski definition) is 6. The molecule has 2 heterocycles. The minimum absolute atomic E-state index is 0.0286. The summed E-state index contributed by atoms with van der Waals surface area (Å²) in [6.45, 7) is 1.40. The first-order chi connectivity index (χ1) is 13.7. The van der Waals surface area contributed by atoms with Gasteiger partial charge in [-0.15, -0.1) is 0 Å². The summed E-state index contributed by atoms with van der Waals surface area (Å²) >= 11 is 0. The van der Waals surface area contributed by atoms with E-state index in [4.69, 9.17) is 0 Å². The Bertz CT molecular complexity index is 931. The molecule has 0 saturated carbocycles. The maximum atomic E-state index is 13.1. The molecule has 2 aliphatic heterocycles. The van der Waals surface area contributed by atoms with E-state index in [0.29, 0.717) is 17.0 Å². The molecule has 0 bridgehead atoms. The van der Waals surface area contributed by atoms with Crippen LogP contribution in [0.2, 0.25) is 0 Å². The molecule has 1 aromatic rings. The van der Waals surface area contributed by atoms with Gasteiger partial charge >= 0.3 is 17.8 Å². The molecule has 0 unspecified atom stereocenters. The average molecular weight is 421 g/mol. The van der Waals surface area contributed by atoms with Gasteiger partial charge in [0.25, 0.3) is 0 Å². The van der Waals surface area contributed by atoms with E-state index in [1.165, 1.54) is 4.90 Å². The Balaban J connectivity index is 1.83. The molecule has 0 aromatic heterocycles. The van der Waals surface area contributed by atoms with Crippen LogP contribution in [0.3, 0.4) is 0 Å². The molecule has 3 rings (SSSR count). The van der Waals surface area contributed by atoms with E-state index in [1.54, 1.807) is 30.3 Å². The lowest BCUT2D eigenvalue weighted by Gasteiger charge is -2.29. The Morgan fingerprint density at radius 3 is 2.34 bits per heavy atom. The second-order valence-electron chi connectivity index (χ2n) is 7.14. The quantitative estimate of drug-likeness (QED) is 0.475. The molecule has 2 saturated heterocycles.